The number of nitrogens with one attached hydrogen (secondary N) is 1. The van der Waals surface area contributed by atoms with Crippen molar-refractivity contribution in [3.63, 3.8) is 0 Å². The minimum Gasteiger partial charge on any atom is -0.356 e. The summed E-state index contributed by atoms with van der Waals surface area (Å²) in [6.07, 6.45) is 9.08. The first-order valence-corrected chi connectivity index (χ1v) is 19.4. The van der Waals surface area contributed by atoms with Crippen LogP contribution < -0.4 is 10.2 Å². The standard InChI is InChI=1S/C52H36N4/c1-2-12-35-31-37(22-21-34(35)11-1)53-36-23-25-38(26-24-36)54-51-32-39(55-47-17-7-3-13-41(47)42-14-4-8-18-48(42)55)27-29-45(51)46-30-28-40(33-52(46)54)56-49-19-9-5-15-43(49)44-16-6-10-20-50(44)56/h1-33,41,47,53H. The maximum absolute atomic E-state index is 3.66. The summed E-state index contributed by atoms with van der Waals surface area (Å²) in [4.78, 5) is 2.53. The maximum atomic E-state index is 3.66. The van der Waals surface area contributed by atoms with Crippen molar-refractivity contribution < 1.29 is 0 Å². The topological polar surface area (TPSA) is 25.1 Å². The number of rotatable bonds is 5. The second-order valence-corrected chi connectivity index (χ2v) is 15.1. The molecule has 0 spiro atoms. The molecule has 0 amide bonds. The number of fused-ring (bicyclic) bond motifs is 10. The molecule has 8 aromatic carbocycles. The molecule has 0 bridgehead atoms. The summed E-state index contributed by atoms with van der Waals surface area (Å²) in [5.41, 5.74) is 13.0. The average Bonchev–Trinajstić information content (AvgIpc) is 3.89. The van der Waals surface area contributed by atoms with E-state index in [1.165, 1.54) is 71.3 Å². The molecule has 0 fully saturated rings. The number of benzene rings is 8. The van der Waals surface area contributed by atoms with Gasteiger partial charge in [0.25, 0.3) is 0 Å². The summed E-state index contributed by atoms with van der Waals surface area (Å²) in [7, 11) is 0. The predicted molar refractivity (Wildman–Crippen MR) is 236 cm³/mol. The van der Waals surface area contributed by atoms with E-state index in [-0.39, 0.29) is 6.04 Å². The molecule has 1 N–H and O–H groups in total. The minimum atomic E-state index is 0.232. The molecule has 0 saturated carbocycles. The van der Waals surface area contributed by atoms with E-state index < -0.39 is 0 Å². The highest BCUT2D eigenvalue weighted by molar-refractivity contribution is 6.12. The summed E-state index contributed by atoms with van der Waals surface area (Å²) >= 11 is 0. The summed E-state index contributed by atoms with van der Waals surface area (Å²) in [6, 6.07) is 64.6. The fraction of sp³-hybridized carbons (Fsp3) is 0.0385. The van der Waals surface area contributed by atoms with Crippen LogP contribution in [0.15, 0.2) is 200 Å². The fourth-order valence-corrected chi connectivity index (χ4v) is 9.48. The monoisotopic (exact) mass is 716 g/mol. The molecule has 2 aliphatic rings. The van der Waals surface area contributed by atoms with Gasteiger partial charge >= 0.3 is 0 Å². The van der Waals surface area contributed by atoms with Gasteiger partial charge in [0, 0.05) is 61.6 Å². The lowest BCUT2D eigenvalue weighted by molar-refractivity contribution is 0.745. The molecule has 4 heteroatoms. The number of para-hydroxylation sites is 3. The normalized spacial score (nSPS) is 16.0. The number of hydrogen-bond acceptors (Lipinski definition) is 2. The third-order valence-corrected chi connectivity index (χ3v) is 12.0. The van der Waals surface area contributed by atoms with Crippen LogP contribution in [-0.2, 0) is 0 Å². The first-order chi connectivity index (χ1) is 27.8. The molecule has 56 heavy (non-hydrogen) atoms. The molecule has 10 aromatic rings. The Hall–Kier alpha value is -7.30. The second-order valence-electron chi connectivity index (χ2n) is 15.1. The molecule has 2 aromatic heterocycles. The van der Waals surface area contributed by atoms with Gasteiger partial charge in [0.2, 0.25) is 0 Å². The van der Waals surface area contributed by atoms with Crippen molar-refractivity contribution in [2.75, 3.05) is 10.2 Å². The van der Waals surface area contributed by atoms with Crippen molar-refractivity contribution in [1.82, 2.24) is 9.13 Å². The van der Waals surface area contributed by atoms with Gasteiger partial charge in [0.05, 0.1) is 28.1 Å². The van der Waals surface area contributed by atoms with Crippen LogP contribution >= 0.6 is 0 Å². The van der Waals surface area contributed by atoms with Gasteiger partial charge in [-0.2, -0.15) is 0 Å². The Bertz CT molecular complexity index is 3200. The lowest BCUT2D eigenvalue weighted by Crippen LogP contribution is -2.28. The fourth-order valence-electron chi connectivity index (χ4n) is 9.48. The first kappa shape index (κ1) is 31.1. The summed E-state index contributed by atoms with van der Waals surface area (Å²) in [5.74, 6) is 0.328. The number of nitrogens with zero attached hydrogens (tertiary/aromatic N) is 3. The van der Waals surface area contributed by atoms with Crippen LogP contribution in [-0.4, -0.2) is 15.2 Å². The summed E-state index contributed by atoms with van der Waals surface area (Å²) < 4.78 is 4.87. The van der Waals surface area contributed by atoms with Crippen LogP contribution in [0, 0.1) is 0 Å². The van der Waals surface area contributed by atoms with Crippen LogP contribution in [0.4, 0.5) is 22.7 Å². The lowest BCUT2D eigenvalue weighted by Gasteiger charge is -2.29. The van der Waals surface area contributed by atoms with Gasteiger partial charge in [-0.25, -0.2) is 0 Å². The third kappa shape index (κ3) is 4.66. The van der Waals surface area contributed by atoms with Crippen molar-refractivity contribution in [3.05, 3.63) is 206 Å². The zero-order valence-electron chi connectivity index (χ0n) is 30.5. The molecule has 1 aliphatic carbocycles. The number of aromatic nitrogens is 2. The number of hydrogen-bond donors (Lipinski definition) is 1. The highest BCUT2D eigenvalue weighted by atomic mass is 15.2. The van der Waals surface area contributed by atoms with Gasteiger partial charge in [0.15, 0.2) is 0 Å². The van der Waals surface area contributed by atoms with Gasteiger partial charge in [-0.15, -0.1) is 0 Å². The Kier molecular flexibility index (Phi) is 6.72. The average molecular weight is 717 g/mol. The van der Waals surface area contributed by atoms with E-state index in [9.17, 15) is 0 Å². The van der Waals surface area contributed by atoms with E-state index in [0.29, 0.717) is 5.92 Å². The molecule has 1 aliphatic heterocycles. The molecular formula is C52H36N4. The van der Waals surface area contributed by atoms with Gasteiger partial charge in [-0.3, -0.25) is 0 Å². The third-order valence-electron chi connectivity index (χ3n) is 12.0. The largest absolute Gasteiger partial charge is 0.356 e. The Balaban J connectivity index is 1.05. The zero-order chi connectivity index (χ0) is 36.7. The zero-order valence-corrected chi connectivity index (χ0v) is 30.5. The van der Waals surface area contributed by atoms with Gasteiger partial charge < -0.3 is 19.4 Å². The van der Waals surface area contributed by atoms with Crippen molar-refractivity contribution in [1.29, 1.82) is 0 Å². The van der Waals surface area contributed by atoms with Crippen LogP contribution in [0.5, 0.6) is 0 Å². The SMILES string of the molecule is C1=CC2c3ccccc3N(c3ccc4c5ccc(-n6c7ccccc7c7ccccc76)cc5n(-c5ccc(Nc6ccc7ccccc7c6)cc5)c4c3)C2C=C1. The van der Waals surface area contributed by atoms with Gasteiger partial charge in [-0.05, 0) is 95.2 Å². The van der Waals surface area contributed by atoms with E-state index in [1.54, 1.807) is 0 Å². The highest BCUT2D eigenvalue weighted by Gasteiger charge is 2.37. The molecule has 4 nitrogen and oxygen atoms in total. The van der Waals surface area contributed by atoms with Crippen molar-refractivity contribution in [2.45, 2.75) is 12.0 Å². The maximum Gasteiger partial charge on any atom is 0.0629 e. The molecule has 2 atom stereocenters. The molecule has 0 radical (unpaired) electrons. The Labute approximate surface area is 324 Å². The van der Waals surface area contributed by atoms with E-state index in [1.807, 2.05) is 0 Å². The molecule has 2 unspecified atom stereocenters. The van der Waals surface area contributed by atoms with Crippen molar-refractivity contribution >= 4 is 77.1 Å². The highest BCUT2D eigenvalue weighted by Crippen LogP contribution is 2.48. The smallest absolute Gasteiger partial charge is 0.0629 e. The summed E-state index contributed by atoms with van der Waals surface area (Å²) in [6.45, 7) is 0. The van der Waals surface area contributed by atoms with Gasteiger partial charge in [0.1, 0.15) is 0 Å². The predicted octanol–water partition coefficient (Wildman–Crippen LogP) is 13.5. The van der Waals surface area contributed by atoms with E-state index >= 15 is 0 Å². The lowest BCUT2D eigenvalue weighted by atomic mass is 9.91. The second kappa shape index (κ2) is 12.1. The number of anilines is 4. The van der Waals surface area contributed by atoms with Crippen molar-refractivity contribution in [2.24, 2.45) is 0 Å². The Morgan fingerprint density at radius 3 is 1.75 bits per heavy atom. The first-order valence-electron chi connectivity index (χ1n) is 19.4. The van der Waals surface area contributed by atoms with Crippen molar-refractivity contribution in [3.8, 4) is 11.4 Å². The van der Waals surface area contributed by atoms with Crippen LogP contribution in [0.3, 0.4) is 0 Å². The van der Waals surface area contributed by atoms with E-state index in [2.05, 4.69) is 220 Å². The van der Waals surface area contributed by atoms with E-state index in [4.69, 9.17) is 0 Å². The van der Waals surface area contributed by atoms with Crippen LogP contribution in [0.1, 0.15) is 11.5 Å². The van der Waals surface area contributed by atoms with Crippen LogP contribution in [0.2, 0.25) is 0 Å². The Morgan fingerprint density at radius 2 is 0.964 bits per heavy atom. The van der Waals surface area contributed by atoms with E-state index in [0.717, 1.165) is 22.7 Å². The molecule has 3 heterocycles. The number of allylic oxidation sites excluding steroid dienone is 2. The molecule has 0 saturated heterocycles. The molecular weight excluding hydrogens is 681 g/mol. The minimum absolute atomic E-state index is 0.232. The quantitative estimate of drug-likeness (QED) is 0.192. The van der Waals surface area contributed by atoms with Gasteiger partial charge in [-0.1, -0.05) is 121 Å². The molecule has 12 rings (SSSR count). The Morgan fingerprint density at radius 1 is 0.393 bits per heavy atom. The summed E-state index contributed by atoms with van der Waals surface area (Å²) in [5, 5.41) is 11.1. The molecule has 264 valence electrons. The van der Waals surface area contributed by atoms with Crippen LogP contribution in [0.25, 0.3) is 65.8 Å².